The fourth-order valence-corrected chi connectivity index (χ4v) is 4.03. The number of hydrogen-bond donors (Lipinski definition) is 0. The third-order valence-electron chi connectivity index (χ3n) is 6.04. The molecule has 0 bridgehead atoms. The molecule has 1 heterocycles. The maximum absolute atomic E-state index is 2.67. The number of likely N-dealkylation sites (N-methyl/N-ethyl adjacent to an activating group) is 1. The minimum absolute atomic E-state index is 0.326. The van der Waals surface area contributed by atoms with Crippen LogP contribution in [0.25, 0.3) is 0 Å². The van der Waals surface area contributed by atoms with Crippen molar-refractivity contribution in [1.82, 2.24) is 0 Å². The van der Waals surface area contributed by atoms with E-state index in [-0.39, 0.29) is 0 Å². The van der Waals surface area contributed by atoms with E-state index in [2.05, 4.69) is 77.6 Å². The summed E-state index contributed by atoms with van der Waals surface area (Å²) in [6, 6.07) is 9.69. The largest absolute Gasteiger partial charge is 0.367 e. The molecule has 2 atom stereocenters. The van der Waals surface area contributed by atoms with Gasteiger partial charge in [-0.25, -0.2) is 0 Å². The third-order valence-corrected chi connectivity index (χ3v) is 6.04. The van der Waals surface area contributed by atoms with Gasteiger partial charge in [-0.2, -0.15) is 0 Å². The van der Waals surface area contributed by atoms with Crippen molar-refractivity contribution in [3.63, 3.8) is 0 Å². The van der Waals surface area contributed by atoms with Crippen LogP contribution in [0.4, 0.5) is 5.69 Å². The van der Waals surface area contributed by atoms with Crippen molar-refractivity contribution >= 4 is 5.69 Å². The first-order chi connectivity index (χ1) is 9.80. The Hall–Kier alpha value is -0.980. The molecule has 0 aromatic heterocycles. The van der Waals surface area contributed by atoms with Gasteiger partial charge in [0.25, 0.3) is 0 Å². The van der Waals surface area contributed by atoms with Crippen molar-refractivity contribution in [1.29, 1.82) is 0 Å². The first-order valence-corrected chi connectivity index (χ1v) is 8.65. The molecule has 1 aliphatic heterocycles. The van der Waals surface area contributed by atoms with E-state index in [0.717, 1.165) is 6.54 Å². The lowest BCUT2D eigenvalue weighted by atomic mass is 9.64. The summed E-state index contributed by atoms with van der Waals surface area (Å²) in [5, 5.41) is 0. The van der Waals surface area contributed by atoms with Crippen LogP contribution in [-0.2, 0) is 0 Å². The number of rotatable bonds is 5. The van der Waals surface area contributed by atoms with Gasteiger partial charge in [0.05, 0.1) is 0 Å². The number of nitrogens with zero attached hydrogens (tertiary/aromatic N) is 1. The topological polar surface area (TPSA) is 3.24 Å². The number of anilines is 1. The van der Waals surface area contributed by atoms with E-state index in [1.807, 2.05) is 0 Å². The molecule has 1 aliphatic rings. The molecule has 1 aromatic carbocycles. The van der Waals surface area contributed by atoms with Gasteiger partial charge in [-0.15, -0.1) is 0 Å². The molecule has 21 heavy (non-hydrogen) atoms. The van der Waals surface area contributed by atoms with E-state index >= 15 is 0 Å². The second-order valence-electron chi connectivity index (χ2n) is 7.95. The summed E-state index contributed by atoms with van der Waals surface area (Å²) in [4.78, 5) is 2.67. The second-order valence-corrected chi connectivity index (χ2v) is 7.95. The summed E-state index contributed by atoms with van der Waals surface area (Å²) in [5.41, 5.74) is 3.69. The van der Waals surface area contributed by atoms with Gasteiger partial charge in [-0.1, -0.05) is 66.2 Å². The third kappa shape index (κ3) is 2.60. The van der Waals surface area contributed by atoms with Crippen LogP contribution in [0.3, 0.4) is 0 Å². The molecule has 0 saturated heterocycles. The molecule has 0 saturated carbocycles. The van der Waals surface area contributed by atoms with Gasteiger partial charge in [0.1, 0.15) is 0 Å². The molecule has 0 aliphatic carbocycles. The zero-order valence-electron chi connectivity index (χ0n) is 15.0. The summed E-state index contributed by atoms with van der Waals surface area (Å²) in [7, 11) is 0. The van der Waals surface area contributed by atoms with Crippen molar-refractivity contribution in [3.05, 3.63) is 29.8 Å². The van der Waals surface area contributed by atoms with E-state index in [9.17, 15) is 0 Å². The summed E-state index contributed by atoms with van der Waals surface area (Å²) in [6.07, 6.45) is 2.44. The Kier molecular flexibility index (Phi) is 4.42. The molecule has 0 spiro atoms. The van der Waals surface area contributed by atoms with Crippen LogP contribution in [-0.4, -0.2) is 12.6 Å². The molecule has 1 nitrogen and oxygen atoms in total. The Morgan fingerprint density at radius 3 is 2.00 bits per heavy atom. The SMILES string of the molecule is CCN1c2ccccc2C(C(C)(C)CC)C1C(C)(C)CC. The molecule has 0 fully saturated rings. The highest BCUT2D eigenvalue weighted by atomic mass is 15.2. The van der Waals surface area contributed by atoms with Crippen molar-refractivity contribution in [2.75, 3.05) is 11.4 Å². The molecule has 2 unspecified atom stereocenters. The molecule has 1 heteroatoms. The Balaban J connectivity index is 2.62. The van der Waals surface area contributed by atoms with Crippen LogP contribution >= 0.6 is 0 Å². The van der Waals surface area contributed by atoms with E-state index in [0.29, 0.717) is 22.8 Å². The van der Waals surface area contributed by atoms with Crippen LogP contribution < -0.4 is 4.90 Å². The van der Waals surface area contributed by atoms with Crippen LogP contribution in [0.15, 0.2) is 24.3 Å². The number of para-hydroxylation sites is 1. The van der Waals surface area contributed by atoms with E-state index in [4.69, 9.17) is 0 Å². The Labute approximate surface area is 131 Å². The van der Waals surface area contributed by atoms with E-state index in [1.165, 1.54) is 18.5 Å². The average molecular weight is 287 g/mol. The van der Waals surface area contributed by atoms with Crippen LogP contribution in [0.5, 0.6) is 0 Å². The van der Waals surface area contributed by atoms with Gasteiger partial charge < -0.3 is 4.90 Å². The van der Waals surface area contributed by atoms with Crippen molar-refractivity contribution in [3.8, 4) is 0 Å². The van der Waals surface area contributed by atoms with Crippen LogP contribution in [0, 0.1) is 10.8 Å². The lowest BCUT2D eigenvalue weighted by molar-refractivity contribution is 0.158. The monoisotopic (exact) mass is 287 g/mol. The second kappa shape index (κ2) is 5.66. The quantitative estimate of drug-likeness (QED) is 0.656. The Bertz CT molecular complexity index is 486. The Morgan fingerprint density at radius 2 is 1.48 bits per heavy atom. The number of benzene rings is 1. The molecule has 0 amide bonds. The fourth-order valence-electron chi connectivity index (χ4n) is 4.03. The van der Waals surface area contributed by atoms with Gasteiger partial charge in [-0.3, -0.25) is 0 Å². The summed E-state index contributed by atoms with van der Waals surface area (Å²) in [5.74, 6) is 0.619. The first-order valence-electron chi connectivity index (χ1n) is 8.65. The minimum atomic E-state index is 0.326. The van der Waals surface area contributed by atoms with Crippen LogP contribution in [0.2, 0.25) is 0 Å². The van der Waals surface area contributed by atoms with Crippen LogP contribution in [0.1, 0.15) is 72.8 Å². The maximum Gasteiger partial charge on any atom is 0.0415 e. The highest BCUT2D eigenvalue weighted by Crippen LogP contribution is 2.56. The lowest BCUT2D eigenvalue weighted by Gasteiger charge is -2.46. The van der Waals surface area contributed by atoms with Gasteiger partial charge in [0.15, 0.2) is 0 Å². The molecule has 1 aromatic rings. The first kappa shape index (κ1) is 16.4. The zero-order chi connectivity index (χ0) is 15.8. The Morgan fingerprint density at radius 1 is 0.905 bits per heavy atom. The normalized spacial score (nSPS) is 22.5. The molecule has 0 N–H and O–H groups in total. The molecule has 118 valence electrons. The van der Waals surface area contributed by atoms with E-state index in [1.54, 1.807) is 5.56 Å². The van der Waals surface area contributed by atoms with Crippen molar-refractivity contribution in [2.45, 2.75) is 73.3 Å². The highest BCUT2D eigenvalue weighted by molar-refractivity contribution is 5.63. The minimum Gasteiger partial charge on any atom is -0.367 e. The van der Waals surface area contributed by atoms with Gasteiger partial charge >= 0.3 is 0 Å². The summed E-state index contributed by atoms with van der Waals surface area (Å²) >= 11 is 0. The van der Waals surface area contributed by atoms with Crippen molar-refractivity contribution < 1.29 is 0 Å². The maximum atomic E-state index is 2.67. The molecular weight excluding hydrogens is 254 g/mol. The average Bonchev–Trinajstić information content (AvgIpc) is 2.83. The predicted octanol–water partition coefficient (Wildman–Crippen LogP) is 5.85. The van der Waals surface area contributed by atoms with Gasteiger partial charge in [0, 0.05) is 24.2 Å². The lowest BCUT2D eigenvalue weighted by Crippen LogP contribution is -2.48. The zero-order valence-corrected chi connectivity index (χ0v) is 15.0. The standard InChI is InChI=1S/C20H33N/c1-8-19(4,5)17-15-13-11-12-14-16(15)21(10-3)18(17)20(6,7)9-2/h11-14,17-18H,8-10H2,1-7H3. The van der Waals surface area contributed by atoms with Crippen molar-refractivity contribution in [2.24, 2.45) is 10.8 Å². The molecule has 0 radical (unpaired) electrons. The summed E-state index contributed by atoms with van der Waals surface area (Å²) in [6.45, 7) is 17.9. The molecule has 2 rings (SSSR count). The van der Waals surface area contributed by atoms with Gasteiger partial charge in [-0.05, 0) is 35.8 Å². The molecular formula is C20H33N. The summed E-state index contributed by atoms with van der Waals surface area (Å²) < 4.78 is 0. The smallest absolute Gasteiger partial charge is 0.0415 e. The van der Waals surface area contributed by atoms with Gasteiger partial charge in [0.2, 0.25) is 0 Å². The highest BCUT2D eigenvalue weighted by Gasteiger charge is 2.50. The van der Waals surface area contributed by atoms with E-state index < -0.39 is 0 Å². The number of hydrogen-bond acceptors (Lipinski definition) is 1. The fraction of sp³-hybridized carbons (Fsp3) is 0.700. The number of fused-ring (bicyclic) bond motifs is 1. The predicted molar refractivity (Wildman–Crippen MR) is 94.1 cm³/mol.